The van der Waals surface area contributed by atoms with Crippen molar-refractivity contribution in [3.63, 3.8) is 0 Å². The summed E-state index contributed by atoms with van der Waals surface area (Å²) in [5.41, 5.74) is 2.60. The maximum Gasteiger partial charge on any atom is 0.255 e. The number of thiophene rings is 1. The van der Waals surface area contributed by atoms with Crippen molar-refractivity contribution in [2.45, 2.75) is 13.1 Å². The zero-order valence-corrected chi connectivity index (χ0v) is 8.73. The highest BCUT2D eigenvalue weighted by molar-refractivity contribution is 7.08. The van der Waals surface area contributed by atoms with E-state index in [9.17, 15) is 4.79 Å². The lowest BCUT2D eigenvalue weighted by molar-refractivity contribution is 0.757. The van der Waals surface area contributed by atoms with Gasteiger partial charge in [0.25, 0.3) is 5.56 Å². The third-order valence-electron chi connectivity index (χ3n) is 2.49. The van der Waals surface area contributed by atoms with Gasteiger partial charge in [0.05, 0.1) is 11.3 Å². The van der Waals surface area contributed by atoms with E-state index in [0.717, 1.165) is 16.8 Å². The molecule has 0 spiro atoms. The van der Waals surface area contributed by atoms with Crippen LogP contribution in [-0.4, -0.2) is 9.97 Å². The molecule has 15 heavy (non-hydrogen) atoms. The number of hydrogen-bond acceptors (Lipinski definition) is 4. The van der Waals surface area contributed by atoms with Crippen molar-refractivity contribution >= 4 is 11.3 Å². The summed E-state index contributed by atoms with van der Waals surface area (Å²) in [4.78, 5) is 19.0. The van der Waals surface area contributed by atoms with Gasteiger partial charge in [0.1, 0.15) is 5.82 Å². The van der Waals surface area contributed by atoms with Gasteiger partial charge in [-0.05, 0) is 11.4 Å². The molecule has 0 saturated carbocycles. The third-order valence-corrected chi connectivity index (χ3v) is 3.17. The number of nitrogens with one attached hydrogen (secondary N) is 2. The van der Waals surface area contributed by atoms with Crippen molar-refractivity contribution in [2.75, 3.05) is 0 Å². The zero-order chi connectivity index (χ0) is 10.3. The van der Waals surface area contributed by atoms with Crippen LogP contribution in [0.3, 0.4) is 0 Å². The van der Waals surface area contributed by atoms with Crippen molar-refractivity contribution < 1.29 is 0 Å². The van der Waals surface area contributed by atoms with Crippen molar-refractivity contribution in [2.24, 2.45) is 0 Å². The summed E-state index contributed by atoms with van der Waals surface area (Å²) in [5.74, 6) is 0.670. The maximum absolute atomic E-state index is 11.7. The molecular weight excluding hydrogens is 210 g/mol. The van der Waals surface area contributed by atoms with E-state index in [2.05, 4.69) is 15.3 Å². The standard InChI is InChI=1S/C10H9N3OS/c14-10-7-3-11-4-8(7)12-9(13-10)6-1-2-15-5-6/h1-2,5,11H,3-4H2,(H,12,13,14). The van der Waals surface area contributed by atoms with Gasteiger partial charge < -0.3 is 10.3 Å². The van der Waals surface area contributed by atoms with Crippen molar-refractivity contribution in [3.05, 3.63) is 38.4 Å². The fraction of sp³-hybridized carbons (Fsp3) is 0.200. The van der Waals surface area contributed by atoms with Crippen molar-refractivity contribution in [1.29, 1.82) is 0 Å². The van der Waals surface area contributed by atoms with E-state index in [1.807, 2.05) is 16.8 Å². The minimum Gasteiger partial charge on any atom is -0.307 e. The second-order valence-electron chi connectivity index (χ2n) is 3.46. The van der Waals surface area contributed by atoms with E-state index in [4.69, 9.17) is 0 Å². The predicted molar refractivity (Wildman–Crippen MR) is 58.7 cm³/mol. The fourth-order valence-corrected chi connectivity index (χ4v) is 2.36. The van der Waals surface area contributed by atoms with Crippen LogP contribution >= 0.6 is 11.3 Å². The Bertz CT molecular complexity index is 544. The Hall–Kier alpha value is -1.46. The van der Waals surface area contributed by atoms with Crippen LogP contribution < -0.4 is 10.9 Å². The Labute approximate surface area is 90.0 Å². The lowest BCUT2D eigenvalue weighted by Gasteiger charge is -2.00. The van der Waals surface area contributed by atoms with E-state index in [1.165, 1.54) is 0 Å². The first-order chi connectivity index (χ1) is 7.34. The van der Waals surface area contributed by atoms with E-state index in [1.54, 1.807) is 11.3 Å². The molecule has 0 saturated heterocycles. The molecule has 3 heterocycles. The van der Waals surface area contributed by atoms with E-state index >= 15 is 0 Å². The number of nitrogens with zero attached hydrogens (tertiary/aromatic N) is 1. The van der Waals surface area contributed by atoms with E-state index < -0.39 is 0 Å². The lowest BCUT2D eigenvalue weighted by Crippen LogP contribution is -2.15. The molecule has 2 aromatic rings. The molecule has 0 bridgehead atoms. The zero-order valence-electron chi connectivity index (χ0n) is 7.91. The molecule has 0 aliphatic carbocycles. The summed E-state index contributed by atoms with van der Waals surface area (Å²) in [7, 11) is 0. The first-order valence-corrected chi connectivity index (χ1v) is 5.64. The molecule has 2 aromatic heterocycles. The highest BCUT2D eigenvalue weighted by atomic mass is 32.1. The van der Waals surface area contributed by atoms with Crippen LogP contribution in [0.15, 0.2) is 21.6 Å². The third kappa shape index (κ3) is 1.40. The van der Waals surface area contributed by atoms with Gasteiger partial charge in [-0.2, -0.15) is 11.3 Å². The summed E-state index contributed by atoms with van der Waals surface area (Å²) in [6, 6.07) is 1.96. The molecule has 4 nitrogen and oxygen atoms in total. The molecule has 0 atom stereocenters. The smallest absolute Gasteiger partial charge is 0.255 e. The molecule has 76 valence electrons. The van der Waals surface area contributed by atoms with Crippen molar-refractivity contribution in [3.8, 4) is 11.4 Å². The van der Waals surface area contributed by atoms with Gasteiger partial charge in [0.15, 0.2) is 0 Å². The van der Waals surface area contributed by atoms with Gasteiger partial charge in [-0.25, -0.2) is 4.98 Å². The number of hydrogen-bond donors (Lipinski definition) is 2. The molecule has 0 amide bonds. The highest BCUT2D eigenvalue weighted by Crippen LogP contribution is 2.18. The van der Waals surface area contributed by atoms with E-state index in [-0.39, 0.29) is 5.56 Å². The topological polar surface area (TPSA) is 57.8 Å². The predicted octanol–water partition coefficient (Wildman–Crippen LogP) is 1.10. The quantitative estimate of drug-likeness (QED) is 0.755. The van der Waals surface area contributed by atoms with Gasteiger partial charge in [-0.15, -0.1) is 0 Å². The van der Waals surface area contributed by atoms with Crippen LogP contribution in [0.1, 0.15) is 11.3 Å². The average Bonchev–Trinajstić information content (AvgIpc) is 2.88. The normalized spacial score (nSPS) is 14.1. The summed E-state index contributed by atoms with van der Waals surface area (Å²) in [5, 5.41) is 7.07. The summed E-state index contributed by atoms with van der Waals surface area (Å²) in [6.07, 6.45) is 0. The minimum atomic E-state index is -0.0220. The van der Waals surface area contributed by atoms with Gasteiger partial charge in [-0.3, -0.25) is 4.79 Å². The largest absolute Gasteiger partial charge is 0.307 e. The summed E-state index contributed by atoms with van der Waals surface area (Å²) in [6.45, 7) is 1.32. The number of aromatic nitrogens is 2. The van der Waals surface area contributed by atoms with Gasteiger partial charge in [0.2, 0.25) is 0 Å². The monoisotopic (exact) mass is 219 g/mol. The molecule has 0 unspecified atom stereocenters. The summed E-state index contributed by atoms with van der Waals surface area (Å²) >= 11 is 1.60. The van der Waals surface area contributed by atoms with Crippen LogP contribution in [0.2, 0.25) is 0 Å². The number of H-pyrrole nitrogens is 1. The van der Waals surface area contributed by atoms with Crippen LogP contribution in [0, 0.1) is 0 Å². The van der Waals surface area contributed by atoms with Crippen LogP contribution in [0.25, 0.3) is 11.4 Å². The lowest BCUT2D eigenvalue weighted by atomic mass is 10.2. The molecule has 5 heteroatoms. The fourth-order valence-electron chi connectivity index (χ4n) is 1.71. The SMILES string of the molecule is O=c1[nH]c(-c2ccsc2)nc2c1CNC2. The molecule has 2 N–H and O–H groups in total. The number of rotatable bonds is 1. The number of aromatic amines is 1. The Balaban J connectivity index is 2.20. The van der Waals surface area contributed by atoms with Gasteiger partial charge >= 0.3 is 0 Å². The second-order valence-corrected chi connectivity index (χ2v) is 4.24. The Morgan fingerprint density at radius 2 is 2.33 bits per heavy atom. The Morgan fingerprint density at radius 3 is 3.13 bits per heavy atom. The molecule has 0 fully saturated rings. The maximum atomic E-state index is 11.7. The molecule has 0 aromatic carbocycles. The summed E-state index contributed by atoms with van der Waals surface area (Å²) < 4.78 is 0. The molecular formula is C10H9N3OS. The highest BCUT2D eigenvalue weighted by Gasteiger charge is 2.16. The van der Waals surface area contributed by atoms with Crippen molar-refractivity contribution in [1.82, 2.24) is 15.3 Å². The average molecular weight is 219 g/mol. The second kappa shape index (κ2) is 3.29. The minimum absolute atomic E-state index is 0.0220. The van der Waals surface area contributed by atoms with Crippen LogP contribution in [-0.2, 0) is 13.1 Å². The number of fused-ring (bicyclic) bond motifs is 1. The van der Waals surface area contributed by atoms with Gasteiger partial charge in [-0.1, -0.05) is 0 Å². The molecule has 3 rings (SSSR count). The molecule has 1 aliphatic heterocycles. The first-order valence-electron chi connectivity index (χ1n) is 4.70. The Morgan fingerprint density at radius 1 is 1.40 bits per heavy atom. The molecule has 1 aliphatic rings. The Kier molecular flexibility index (Phi) is 1.93. The van der Waals surface area contributed by atoms with Crippen LogP contribution in [0.5, 0.6) is 0 Å². The van der Waals surface area contributed by atoms with E-state index in [0.29, 0.717) is 18.9 Å². The van der Waals surface area contributed by atoms with Crippen LogP contribution in [0.4, 0.5) is 0 Å². The van der Waals surface area contributed by atoms with Gasteiger partial charge in [0, 0.05) is 24.0 Å². The molecule has 0 radical (unpaired) electrons. The first kappa shape index (κ1) is 8.82.